The van der Waals surface area contributed by atoms with Gasteiger partial charge in [0.1, 0.15) is 6.04 Å². The van der Waals surface area contributed by atoms with Crippen molar-refractivity contribution in [2.24, 2.45) is 0 Å². The first kappa shape index (κ1) is 17.7. The molecule has 1 aromatic carbocycles. The van der Waals surface area contributed by atoms with E-state index in [1.165, 1.54) is 9.13 Å². The maximum absolute atomic E-state index is 12.0. The van der Waals surface area contributed by atoms with Crippen LogP contribution in [-0.4, -0.2) is 36.6 Å². The van der Waals surface area contributed by atoms with Gasteiger partial charge in [-0.05, 0) is 85.0 Å². The molecule has 0 radical (unpaired) electrons. The number of likely N-dealkylation sites (tertiary alicyclic amines) is 1. The first-order chi connectivity index (χ1) is 10.4. The number of hydrogen-bond acceptors (Lipinski definition) is 3. The molecular weight excluding hydrogens is 389 g/mol. The van der Waals surface area contributed by atoms with Crippen molar-refractivity contribution in [3.05, 3.63) is 33.4 Å². The fourth-order valence-electron chi connectivity index (χ4n) is 3.07. The molecule has 1 aromatic rings. The number of esters is 1. The van der Waals surface area contributed by atoms with Crippen LogP contribution in [0.25, 0.3) is 0 Å². The molecule has 3 nitrogen and oxygen atoms in total. The Kier molecular flexibility index (Phi) is 6.26. The van der Waals surface area contributed by atoms with Gasteiger partial charge in [0.25, 0.3) is 0 Å². The van der Waals surface area contributed by atoms with Crippen molar-refractivity contribution in [2.45, 2.75) is 51.5 Å². The van der Waals surface area contributed by atoms with E-state index in [9.17, 15) is 4.79 Å². The molecule has 0 saturated carbocycles. The van der Waals surface area contributed by atoms with Crippen LogP contribution in [0.5, 0.6) is 0 Å². The van der Waals surface area contributed by atoms with Crippen molar-refractivity contribution in [2.75, 3.05) is 19.7 Å². The van der Waals surface area contributed by atoms with E-state index in [0.29, 0.717) is 6.61 Å². The zero-order valence-corrected chi connectivity index (χ0v) is 15.9. The molecule has 0 amide bonds. The normalized spacial score (nSPS) is 19.4. The standard InChI is InChI=1S/C18H26INO2/c1-4-22-17(21)16-6-5-12-20(16)13-11-18(2,3)14-7-9-15(19)10-8-14/h7-10,16H,4-6,11-13H2,1-3H3. The topological polar surface area (TPSA) is 29.5 Å². The van der Waals surface area contributed by atoms with Gasteiger partial charge in [-0.15, -0.1) is 0 Å². The molecule has 0 bridgehead atoms. The van der Waals surface area contributed by atoms with E-state index in [2.05, 4.69) is 65.6 Å². The lowest BCUT2D eigenvalue weighted by molar-refractivity contribution is -0.148. The Bertz CT molecular complexity index is 498. The fourth-order valence-corrected chi connectivity index (χ4v) is 3.43. The summed E-state index contributed by atoms with van der Waals surface area (Å²) in [5, 5.41) is 0. The van der Waals surface area contributed by atoms with Crippen LogP contribution in [0.3, 0.4) is 0 Å². The summed E-state index contributed by atoms with van der Waals surface area (Å²) in [6.45, 7) is 8.86. The number of nitrogens with zero attached hydrogens (tertiary/aromatic N) is 1. The zero-order chi connectivity index (χ0) is 16.2. The largest absolute Gasteiger partial charge is 0.465 e. The van der Waals surface area contributed by atoms with Crippen LogP contribution in [0.2, 0.25) is 0 Å². The van der Waals surface area contributed by atoms with Crippen molar-refractivity contribution in [3.63, 3.8) is 0 Å². The van der Waals surface area contributed by atoms with Crippen molar-refractivity contribution in [1.82, 2.24) is 4.90 Å². The average Bonchev–Trinajstić information content (AvgIpc) is 2.94. The van der Waals surface area contributed by atoms with Crippen LogP contribution < -0.4 is 0 Å². The van der Waals surface area contributed by atoms with Crippen LogP contribution >= 0.6 is 22.6 Å². The molecule has 0 aromatic heterocycles. The summed E-state index contributed by atoms with van der Waals surface area (Å²) in [5.41, 5.74) is 1.48. The van der Waals surface area contributed by atoms with Crippen molar-refractivity contribution >= 4 is 28.6 Å². The predicted molar refractivity (Wildman–Crippen MR) is 98.0 cm³/mol. The summed E-state index contributed by atoms with van der Waals surface area (Å²) >= 11 is 2.33. The molecule has 22 heavy (non-hydrogen) atoms. The summed E-state index contributed by atoms with van der Waals surface area (Å²) in [4.78, 5) is 14.3. The van der Waals surface area contributed by atoms with Gasteiger partial charge in [-0.25, -0.2) is 0 Å². The number of carbonyl (C=O) groups excluding carboxylic acids is 1. The molecular formula is C18H26INO2. The lowest BCUT2D eigenvalue weighted by Crippen LogP contribution is -2.39. The minimum atomic E-state index is -0.0490. The number of rotatable bonds is 6. The molecule has 122 valence electrons. The second kappa shape index (κ2) is 7.77. The van der Waals surface area contributed by atoms with Gasteiger partial charge < -0.3 is 4.74 Å². The van der Waals surface area contributed by atoms with E-state index in [-0.39, 0.29) is 17.4 Å². The highest BCUT2D eigenvalue weighted by molar-refractivity contribution is 14.1. The van der Waals surface area contributed by atoms with E-state index >= 15 is 0 Å². The Balaban J connectivity index is 1.95. The number of ether oxygens (including phenoxy) is 1. The van der Waals surface area contributed by atoms with Gasteiger partial charge in [0.05, 0.1) is 6.61 Å². The average molecular weight is 415 g/mol. The molecule has 1 unspecified atom stereocenters. The van der Waals surface area contributed by atoms with E-state index < -0.39 is 0 Å². The molecule has 1 aliphatic rings. The second-order valence-corrected chi connectivity index (χ2v) is 7.83. The lowest BCUT2D eigenvalue weighted by atomic mass is 9.81. The molecule has 1 heterocycles. The molecule has 1 saturated heterocycles. The molecule has 0 spiro atoms. The SMILES string of the molecule is CCOC(=O)C1CCCN1CCC(C)(C)c1ccc(I)cc1. The highest BCUT2D eigenvalue weighted by atomic mass is 127. The summed E-state index contributed by atoms with van der Waals surface area (Å²) in [6.07, 6.45) is 3.07. The van der Waals surface area contributed by atoms with Gasteiger partial charge in [0.15, 0.2) is 0 Å². The van der Waals surface area contributed by atoms with Gasteiger partial charge in [0, 0.05) is 3.57 Å². The van der Waals surface area contributed by atoms with Gasteiger partial charge in [-0.3, -0.25) is 9.69 Å². The highest BCUT2D eigenvalue weighted by Crippen LogP contribution is 2.29. The van der Waals surface area contributed by atoms with Crippen molar-refractivity contribution in [1.29, 1.82) is 0 Å². The molecule has 0 aliphatic carbocycles. The Morgan fingerprint density at radius 1 is 1.36 bits per heavy atom. The Morgan fingerprint density at radius 3 is 2.68 bits per heavy atom. The Hall–Kier alpha value is -0.620. The summed E-state index contributed by atoms with van der Waals surface area (Å²) in [7, 11) is 0. The highest BCUT2D eigenvalue weighted by Gasteiger charge is 2.33. The van der Waals surface area contributed by atoms with E-state index in [4.69, 9.17) is 4.74 Å². The molecule has 1 atom stereocenters. The monoisotopic (exact) mass is 415 g/mol. The molecule has 4 heteroatoms. The third-order valence-electron chi connectivity index (χ3n) is 4.57. The molecule has 1 aliphatic heterocycles. The zero-order valence-electron chi connectivity index (χ0n) is 13.8. The Morgan fingerprint density at radius 2 is 2.05 bits per heavy atom. The fraction of sp³-hybridized carbons (Fsp3) is 0.611. The number of halogens is 1. The third-order valence-corrected chi connectivity index (χ3v) is 5.29. The van der Waals surface area contributed by atoms with Gasteiger partial charge in [-0.2, -0.15) is 0 Å². The molecule has 0 N–H and O–H groups in total. The van der Waals surface area contributed by atoms with Crippen molar-refractivity contribution < 1.29 is 9.53 Å². The number of carbonyl (C=O) groups is 1. The quantitative estimate of drug-likeness (QED) is 0.520. The maximum atomic E-state index is 12.0. The van der Waals surface area contributed by atoms with E-state index in [0.717, 1.165) is 32.4 Å². The lowest BCUT2D eigenvalue weighted by Gasteiger charge is -2.30. The third kappa shape index (κ3) is 4.44. The predicted octanol–water partition coefficient (Wildman–Crippen LogP) is 3.99. The summed E-state index contributed by atoms with van der Waals surface area (Å²) < 4.78 is 6.47. The smallest absolute Gasteiger partial charge is 0.323 e. The summed E-state index contributed by atoms with van der Waals surface area (Å²) in [5.74, 6) is -0.0490. The first-order valence-corrected chi connectivity index (χ1v) is 9.18. The van der Waals surface area contributed by atoms with Crippen LogP contribution in [-0.2, 0) is 14.9 Å². The number of benzene rings is 1. The minimum absolute atomic E-state index is 0.0347. The molecule has 1 fully saturated rings. The van der Waals surface area contributed by atoms with Gasteiger partial charge in [0.2, 0.25) is 0 Å². The van der Waals surface area contributed by atoms with Crippen LogP contribution in [0, 0.1) is 3.57 Å². The van der Waals surface area contributed by atoms with Crippen LogP contribution in [0.15, 0.2) is 24.3 Å². The van der Waals surface area contributed by atoms with Crippen molar-refractivity contribution in [3.8, 4) is 0 Å². The minimum Gasteiger partial charge on any atom is -0.465 e. The van der Waals surface area contributed by atoms with Crippen LogP contribution in [0.4, 0.5) is 0 Å². The second-order valence-electron chi connectivity index (χ2n) is 6.59. The van der Waals surface area contributed by atoms with Gasteiger partial charge >= 0.3 is 5.97 Å². The van der Waals surface area contributed by atoms with Crippen LogP contribution in [0.1, 0.15) is 45.6 Å². The first-order valence-electron chi connectivity index (χ1n) is 8.11. The summed E-state index contributed by atoms with van der Waals surface area (Å²) in [6, 6.07) is 8.72. The maximum Gasteiger partial charge on any atom is 0.323 e. The molecule has 2 rings (SSSR count). The van der Waals surface area contributed by atoms with E-state index in [1.807, 2.05) is 6.92 Å². The van der Waals surface area contributed by atoms with E-state index in [1.54, 1.807) is 0 Å². The Labute approximate surface area is 147 Å². The van der Waals surface area contributed by atoms with Gasteiger partial charge in [-0.1, -0.05) is 26.0 Å². The number of hydrogen-bond donors (Lipinski definition) is 0.